The van der Waals surface area contributed by atoms with Gasteiger partial charge < -0.3 is 10.6 Å². The van der Waals surface area contributed by atoms with Gasteiger partial charge in [0.15, 0.2) is 0 Å². The van der Waals surface area contributed by atoms with Crippen molar-refractivity contribution in [3.8, 4) is 11.8 Å². The molecule has 1 aromatic rings. The monoisotopic (exact) mass is 276 g/mol. The number of benzene rings is 1. The second-order valence-electron chi connectivity index (χ2n) is 4.49. The van der Waals surface area contributed by atoms with Crippen molar-refractivity contribution in [2.75, 3.05) is 19.6 Å². The quantitative estimate of drug-likeness (QED) is 0.839. The van der Waals surface area contributed by atoms with Gasteiger partial charge >= 0.3 is 0 Å². The van der Waals surface area contributed by atoms with Crippen LogP contribution in [0.3, 0.4) is 0 Å². The van der Waals surface area contributed by atoms with Crippen LogP contribution in [0.15, 0.2) is 18.2 Å². The Bertz CT molecular complexity index is 511. The Kier molecular flexibility index (Phi) is 6.75. The van der Waals surface area contributed by atoms with Crippen LogP contribution in [0.5, 0.6) is 0 Å². The molecule has 1 rings (SSSR count). The second-order valence-corrected chi connectivity index (χ2v) is 4.49. The molecule has 3 nitrogen and oxygen atoms in total. The first-order valence-corrected chi connectivity index (χ1v) is 6.91. The smallest absolute Gasteiger partial charge is 0.256 e. The number of nitrogens with two attached hydrogens (primary N) is 1. The molecule has 0 aromatic heterocycles. The van der Waals surface area contributed by atoms with E-state index in [2.05, 4.69) is 11.8 Å². The fourth-order valence-electron chi connectivity index (χ4n) is 1.94. The minimum Gasteiger partial charge on any atom is -0.339 e. The molecular formula is C16H21FN2O. The van der Waals surface area contributed by atoms with E-state index in [1.54, 1.807) is 11.0 Å². The van der Waals surface area contributed by atoms with Gasteiger partial charge in [-0.15, -0.1) is 0 Å². The third-order valence-electron chi connectivity index (χ3n) is 2.81. The van der Waals surface area contributed by atoms with E-state index >= 15 is 0 Å². The van der Waals surface area contributed by atoms with E-state index in [1.165, 1.54) is 12.1 Å². The van der Waals surface area contributed by atoms with E-state index < -0.39 is 5.82 Å². The third-order valence-corrected chi connectivity index (χ3v) is 2.81. The molecule has 0 unspecified atom stereocenters. The lowest BCUT2D eigenvalue weighted by atomic mass is 10.1. The van der Waals surface area contributed by atoms with Crippen molar-refractivity contribution in [3.05, 3.63) is 35.1 Å². The van der Waals surface area contributed by atoms with Crippen LogP contribution in [-0.4, -0.2) is 30.4 Å². The summed E-state index contributed by atoms with van der Waals surface area (Å²) in [6, 6.07) is 4.43. The molecular weight excluding hydrogens is 255 g/mol. The number of carbonyl (C=O) groups is 1. The Morgan fingerprint density at radius 2 is 1.95 bits per heavy atom. The number of rotatable bonds is 5. The van der Waals surface area contributed by atoms with E-state index in [0.29, 0.717) is 18.7 Å². The van der Waals surface area contributed by atoms with Gasteiger partial charge in [0, 0.05) is 18.7 Å². The predicted octanol–water partition coefficient (Wildman–Crippen LogP) is 2.40. The molecule has 0 spiro atoms. The largest absolute Gasteiger partial charge is 0.339 e. The molecule has 0 atom stereocenters. The Balaban J connectivity index is 2.97. The first-order valence-electron chi connectivity index (χ1n) is 6.91. The number of hydrogen-bond acceptors (Lipinski definition) is 2. The molecule has 0 bridgehead atoms. The summed E-state index contributed by atoms with van der Waals surface area (Å²) in [6.07, 6.45) is 1.71. The van der Waals surface area contributed by atoms with Crippen molar-refractivity contribution < 1.29 is 9.18 Å². The molecule has 2 N–H and O–H groups in total. The number of carbonyl (C=O) groups excluding carboxylic acids is 1. The Labute approximate surface area is 120 Å². The summed E-state index contributed by atoms with van der Waals surface area (Å²) in [5.74, 6) is 4.62. The average Bonchev–Trinajstić information content (AvgIpc) is 2.44. The fourth-order valence-corrected chi connectivity index (χ4v) is 1.94. The zero-order valence-corrected chi connectivity index (χ0v) is 12.1. The zero-order chi connectivity index (χ0) is 15.0. The molecule has 0 radical (unpaired) electrons. The summed E-state index contributed by atoms with van der Waals surface area (Å²) >= 11 is 0. The maximum atomic E-state index is 14.0. The molecule has 1 aromatic carbocycles. The molecule has 0 saturated heterocycles. The van der Waals surface area contributed by atoms with Crippen LogP contribution < -0.4 is 5.73 Å². The average molecular weight is 276 g/mol. The standard InChI is InChI=1S/C16H21FN2O/c1-3-10-19(11-4-2)16(20)14-8-7-13(6-5-9-18)12-15(14)17/h7-8,12H,3-4,9-11,18H2,1-2H3. The number of halogens is 1. The van der Waals surface area contributed by atoms with Crippen LogP contribution >= 0.6 is 0 Å². The number of amides is 1. The van der Waals surface area contributed by atoms with Gasteiger partial charge in [0.2, 0.25) is 0 Å². The molecule has 1 amide bonds. The van der Waals surface area contributed by atoms with Crippen molar-refractivity contribution in [3.63, 3.8) is 0 Å². The minimum absolute atomic E-state index is 0.102. The highest BCUT2D eigenvalue weighted by molar-refractivity contribution is 5.94. The van der Waals surface area contributed by atoms with Gasteiger partial charge in [0.1, 0.15) is 5.82 Å². The summed E-state index contributed by atoms with van der Waals surface area (Å²) < 4.78 is 14.0. The fraction of sp³-hybridized carbons (Fsp3) is 0.438. The molecule has 0 aliphatic rings. The van der Waals surface area contributed by atoms with Gasteiger partial charge in [-0.1, -0.05) is 25.7 Å². The summed E-state index contributed by atoms with van der Waals surface area (Å²) in [4.78, 5) is 14.0. The van der Waals surface area contributed by atoms with E-state index in [4.69, 9.17) is 5.73 Å². The molecule has 108 valence electrons. The highest BCUT2D eigenvalue weighted by Crippen LogP contribution is 2.13. The zero-order valence-electron chi connectivity index (χ0n) is 12.1. The molecule has 20 heavy (non-hydrogen) atoms. The number of hydrogen-bond donors (Lipinski definition) is 1. The maximum absolute atomic E-state index is 14.0. The molecule has 0 aliphatic heterocycles. The van der Waals surface area contributed by atoms with Crippen molar-refractivity contribution in [1.29, 1.82) is 0 Å². The number of nitrogens with zero attached hydrogens (tertiary/aromatic N) is 1. The summed E-state index contributed by atoms with van der Waals surface area (Å²) in [6.45, 7) is 5.50. The maximum Gasteiger partial charge on any atom is 0.256 e. The van der Waals surface area contributed by atoms with Gasteiger partial charge in [-0.2, -0.15) is 0 Å². The lowest BCUT2D eigenvalue weighted by Crippen LogP contribution is -2.33. The predicted molar refractivity (Wildman–Crippen MR) is 78.8 cm³/mol. The molecule has 0 fully saturated rings. The van der Waals surface area contributed by atoms with Crippen molar-refractivity contribution >= 4 is 5.91 Å². The van der Waals surface area contributed by atoms with Gasteiger partial charge in [0.25, 0.3) is 5.91 Å². The SMILES string of the molecule is CCCN(CCC)C(=O)c1ccc(C#CCN)cc1F. The van der Waals surface area contributed by atoms with Crippen LogP contribution in [0.25, 0.3) is 0 Å². The molecule has 4 heteroatoms. The topological polar surface area (TPSA) is 46.3 Å². The lowest BCUT2D eigenvalue weighted by molar-refractivity contribution is 0.0751. The van der Waals surface area contributed by atoms with Crippen molar-refractivity contribution in [1.82, 2.24) is 4.90 Å². The van der Waals surface area contributed by atoms with Crippen molar-refractivity contribution in [2.45, 2.75) is 26.7 Å². The molecule has 0 saturated carbocycles. The van der Waals surface area contributed by atoms with Gasteiger partial charge in [-0.05, 0) is 31.0 Å². The highest BCUT2D eigenvalue weighted by atomic mass is 19.1. The van der Waals surface area contributed by atoms with Gasteiger partial charge in [0.05, 0.1) is 12.1 Å². The van der Waals surface area contributed by atoms with Crippen molar-refractivity contribution in [2.24, 2.45) is 5.73 Å². The van der Waals surface area contributed by atoms with Crippen LogP contribution in [0.1, 0.15) is 42.6 Å². The first kappa shape index (κ1) is 16.2. The Hall–Kier alpha value is -1.86. The molecule has 0 heterocycles. The second kappa shape index (κ2) is 8.34. The van der Waals surface area contributed by atoms with Gasteiger partial charge in [-0.3, -0.25) is 4.79 Å². The Morgan fingerprint density at radius 3 is 2.45 bits per heavy atom. The van der Waals surface area contributed by atoms with E-state index in [0.717, 1.165) is 12.8 Å². The first-order chi connectivity index (χ1) is 9.63. The molecule has 0 aliphatic carbocycles. The van der Waals surface area contributed by atoms with Crippen LogP contribution in [0.2, 0.25) is 0 Å². The van der Waals surface area contributed by atoms with Gasteiger partial charge in [-0.25, -0.2) is 4.39 Å². The summed E-state index contributed by atoms with van der Waals surface area (Å²) in [7, 11) is 0. The van der Waals surface area contributed by atoms with Crippen LogP contribution in [0, 0.1) is 17.7 Å². The van der Waals surface area contributed by atoms with E-state index in [9.17, 15) is 9.18 Å². The van der Waals surface area contributed by atoms with E-state index in [1.807, 2.05) is 13.8 Å². The van der Waals surface area contributed by atoms with Crippen LogP contribution in [0.4, 0.5) is 4.39 Å². The normalized spacial score (nSPS) is 9.80. The lowest BCUT2D eigenvalue weighted by Gasteiger charge is -2.21. The minimum atomic E-state index is -0.531. The van der Waals surface area contributed by atoms with E-state index in [-0.39, 0.29) is 18.0 Å². The third kappa shape index (κ3) is 4.36. The summed E-state index contributed by atoms with van der Waals surface area (Å²) in [5, 5.41) is 0. The Morgan fingerprint density at radius 1 is 1.30 bits per heavy atom. The summed E-state index contributed by atoms with van der Waals surface area (Å²) in [5.41, 5.74) is 5.90. The highest BCUT2D eigenvalue weighted by Gasteiger charge is 2.18. The van der Waals surface area contributed by atoms with Crippen LogP contribution in [-0.2, 0) is 0 Å².